The van der Waals surface area contributed by atoms with Crippen molar-refractivity contribution >= 4 is 17.5 Å². The number of aromatic nitrogens is 3. The van der Waals surface area contributed by atoms with Gasteiger partial charge in [0, 0.05) is 37.1 Å². The number of rotatable bonds is 3. The van der Waals surface area contributed by atoms with E-state index in [1.54, 1.807) is 29.2 Å². The smallest absolute Gasteiger partial charge is 0.259 e. The van der Waals surface area contributed by atoms with Crippen LogP contribution in [0.25, 0.3) is 5.65 Å². The Kier molecular flexibility index (Phi) is 4.58. The maximum absolute atomic E-state index is 12.8. The summed E-state index contributed by atoms with van der Waals surface area (Å²) in [4.78, 5) is 31.3. The van der Waals surface area contributed by atoms with Crippen molar-refractivity contribution in [3.63, 3.8) is 0 Å². The van der Waals surface area contributed by atoms with Crippen LogP contribution >= 0.6 is 0 Å². The number of carbonyl (C=O) groups excluding carboxylic acids is 2. The number of fused-ring (bicyclic) bond motifs is 1. The summed E-state index contributed by atoms with van der Waals surface area (Å²) in [6.07, 6.45) is 6.45. The van der Waals surface area contributed by atoms with Crippen molar-refractivity contribution in [2.45, 2.75) is 25.8 Å². The Morgan fingerprint density at radius 2 is 1.89 bits per heavy atom. The number of piperidine rings is 1. The van der Waals surface area contributed by atoms with Crippen molar-refractivity contribution < 1.29 is 9.59 Å². The number of carbonyl (C=O) groups is 2. The molecule has 0 unspecified atom stereocenters. The van der Waals surface area contributed by atoms with Gasteiger partial charge in [0.2, 0.25) is 0 Å². The Morgan fingerprint density at radius 3 is 2.67 bits per heavy atom. The molecule has 2 amide bonds. The predicted molar refractivity (Wildman–Crippen MR) is 101 cm³/mol. The van der Waals surface area contributed by atoms with Gasteiger partial charge in [-0.1, -0.05) is 18.2 Å². The second-order valence-electron chi connectivity index (χ2n) is 6.80. The molecule has 0 bridgehead atoms. The Balaban J connectivity index is 1.38. The van der Waals surface area contributed by atoms with Crippen LogP contribution in [-0.2, 0) is 0 Å². The molecule has 4 rings (SSSR count). The van der Waals surface area contributed by atoms with E-state index in [0.29, 0.717) is 29.9 Å². The Labute approximate surface area is 157 Å². The molecule has 1 fully saturated rings. The first-order valence-electron chi connectivity index (χ1n) is 9.07. The lowest BCUT2D eigenvalue weighted by molar-refractivity contribution is 0.0699. The van der Waals surface area contributed by atoms with E-state index in [2.05, 4.69) is 15.4 Å². The van der Waals surface area contributed by atoms with Crippen LogP contribution in [-0.4, -0.2) is 50.4 Å². The van der Waals surface area contributed by atoms with Crippen LogP contribution in [0.5, 0.6) is 0 Å². The third-order valence-electron chi connectivity index (χ3n) is 5.02. The molecule has 0 aliphatic carbocycles. The standard InChI is InChI=1S/C20H21N5O2/c1-14-5-2-3-6-16(14)19(26)23-15-7-11-24(12-8-15)20(27)17-13-22-25-10-4-9-21-18(17)25/h2-6,9-10,13,15H,7-8,11-12H2,1H3,(H,23,26). The fourth-order valence-corrected chi connectivity index (χ4v) is 3.47. The molecule has 1 saturated heterocycles. The van der Waals surface area contributed by atoms with E-state index < -0.39 is 0 Å². The van der Waals surface area contributed by atoms with Gasteiger partial charge in [-0.3, -0.25) is 9.59 Å². The summed E-state index contributed by atoms with van der Waals surface area (Å²) in [5.74, 6) is -0.114. The van der Waals surface area contributed by atoms with E-state index in [4.69, 9.17) is 0 Å². The molecule has 1 aromatic carbocycles. The highest BCUT2D eigenvalue weighted by Gasteiger charge is 2.27. The predicted octanol–water partition coefficient (Wildman–Crippen LogP) is 2.07. The lowest BCUT2D eigenvalue weighted by Gasteiger charge is -2.32. The largest absolute Gasteiger partial charge is 0.349 e. The molecule has 138 valence electrons. The molecule has 1 N–H and O–H groups in total. The highest BCUT2D eigenvalue weighted by Crippen LogP contribution is 2.17. The lowest BCUT2D eigenvalue weighted by Crippen LogP contribution is -2.46. The average molecular weight is 363 g/mol. The van der Waals surface area contributed by atoms with E-state index >= 15 is 0 Å². The monoisotopic (exact) mass is 363 g/mol. The van der Waals surface area contributed by atoms with Crippen molar-refractivity contribution in [3.05, 3.63) is 65.6 Å². The second-order valence-corrected chi connectivity index (χ2v) is 6.80. The van der Waals surface area contributed by atoms with Crippen molar-refractivity contribution in [2.75, 3.05) is 13.1 Å². The first-order chi connectivity index (χ1) is 13.1. The molecule has 0 spiro atoms. The summed E-state index contributed by atoms with van der Waals surface area (Å²) in [5.41, 5.74) is 2.74. The van der Waals surface area contributed by atoms with Crippen molar-refractivity contribution in [2.24, 2.45) is 0 Å². The zero-order valence-corrected chi connectivity index (χ0v) is 15.1. The zero-order chi connectivity index (χ0) is 18.8. The van der Waals surface area contributed by atoms with Gasteiger partial charge in [-0.2, -0.15) is 5.10 Å². The van der Waals surface area contributed by atoms with Crippen LogP contribution in [0.1, 0.15) is 39.1 Å². The van der Waals surface area contributed by atoms with E-state index in [9.17, 15) is 9.59 Å². The van der Waals surface area contributed by atoms with Crippen LogP contribution in [0.3, 0.4) is 0 Å². The minimum atomic E-state index is -0.0626. The normalized spacial score (nSPS) is 15.1. The van der Waals surface area contributed by atoms with Gasteiger partial charge in [0.1, 0.15) is 5.56 Å². The maximum atomic E-state index is 12.8. The minimum Gasteiger partial charge on any atom is -0.349 e. The van der Waals surface area contributed by atoms with Crippen LogP contribution in [0, 0.1) is 6.92 Å². The van der Waals surface area contributed by atoms with Crippen molar-refractivity contribution in [3.8, 4) is 0 Å². The molecule has 7 heteroatoms. The number of hydrogen-bond acceptors (Lipinski definition) is 4. The molecular weight excluding hydrogens is 342 g/mol. The first kappa shape index (κ1) is 17.2. The number of benzene rings is 1. The number of likely N-dealkylation sites (tertiary alicyclic amines) is 1. The summed E-state index contributed by atoms with van der Waals surface area (Å²) in [5, 5.41) is 7.27. The zero-order valence-electron chi connectivity index (χ0n) is 15.1. The Hall–Kier alpha value is -3.22. The Bertz CT molecular complexity index is 989. The van der Waals surface area contributed by atoms with Crippen LogP contribution in [0.2, 0.25) is 0 Å². The molecule has 27 heavy (non-hydrogen) atoms. The van der Waals surface area contributed by atoms with Gasteiger partial charge >= 0.3 is 0 Å². The van der Waals surface area contributed by atoms with Crippen LogP contribution < -0.4 is 5.32 Å². The number of hydrogen-bond donors (Lipinski definition) is 1. The number of amides is 2. The molecule has 2 aromatic heterocycles. The van der Waals surface area contributed by atoms with Crippen molar-refractivity contribution in [1.29, 1.82) is 0 Å². The van der Waals surface area contributed by atoms with Gasteiger partial charge in [-0.05, 0) is 37.5 Å². The third kappa shape index (κ3) is 3.40. The van der Waals surface area contributed by atoms with Crippen LogP contribution in [0.15, 0.2) is 48.9 Å². The van der Waals surface area contributed by atoms with Gasteiger partial charge in [0.25, 0.3) is 11.8 Å². The molecule has 3 heterocycles. The quantitative estimate of drug-likeness (QED) is 0.773. The fourth-order valence-electron chi connectivity index (χ4n) is 3.47. The summed E-state index contributed by atoms with van der Waals surface area (Å²) < 4.78 is 1.60. The summed E-state index contributed by atoms with van der Waals surface area (Å²) in [6.45, 7) is 3.13. The second kappa shape index (κ2) is 7.19. The van der Waals surface area contributed by atoms with Gasteiger partial charge < -0.3 is 10.2 Å². The van der Waals surface area contributed by atoms with E-state index in [0.717, 1.165) is 18.4 Å². The summed E-state index contributed by atoms with van der Waals surface area (Å²) in [7, 11) is 0. The van der Waals surface area contributed by atoms with Crippen LogP contribution in [0.4, 0.5) is 0 Å². The van der Waals surface area contributed by atoms with E-state index in [1.165, 1.54) is 0 Å². The minimum absolute atomic E-state index is 0.0512. The molecule has 0 saturated carbocycles. The molecule has 3 aromatic rings. The van der Waals surface area contributed by atoms with E-state index in [1.807, 2.05) is 36.1 Å². The number of aryl methyl sites for hydroxylation is 1. The van der Waals surface area contributed by atoms with E-state index in [-0.39, 0.29) is 17.9 Å². The topological polar surface area (TPSA) is 79.6 Å². The third-order valence-corrected chi connectivity index (χ3v) is 5.02. The van der Waals surface area contributed by atoms with Gasteiger partial charge in [-0.25, -0.2) is 9.50 Å². The molecule has 7 nitrogen and oxygen atoms in total. The number of nitrogens with zero attached hydrogens (tertiary/aromatic N) is 4. The van der Waals surface area contributed by atoms with Gasteiger partial charge in [0.05, 0.1) is 6.20 Å². The molecule has 0 radical (unpaired) electrons. The highest BCUT2D eigenvalue weighted by atomic mass is 16.2. The molecule has 1 aliphatic rings. The van der Waals surface area contributed by atoms with Gasteiger partial charge in [-0.15, -0.1) is 0 Å². The average Bonchev–Trinajstić information content (AvgIpc) is 3.12. The SMILES string of the molecule is Cc1ccccc1C(=O)NC1CCN(C(=O)c2cnn3cccnc23)CC1. The molecule has 1 aliphatic heterocycles. The maximum Gasteiger partial charge on any atom is 0.259 e. The van der Waals surface area contributed by atoms with Gasteiger partial charge in [0.15, 0.2) is 5.65 Å². The molecule has 0 atom stereocenters. The summed E-state index contributed by atoms with van der Waals surface area (Å²) in [6, 6.07) is 9.40. The summed E-state index contributed by atoms with van der Waals surface area (Å²) >= 11 is 0. The molecular formula is C20H21N5O2. The first-order valence-corrected chi connectivity index (χ1v) is 9.07. The fraction of sp³-hybridized carbons (Fsp3) is 0.300. The highest BCUT2D eigenvalue weighted by molar-refractivity contribution is 5.99. The van der Waals surface area contributed by atoms with Crippen molar-refractivity contribution in [1.82, 2.24) is 24.8 Å². The Morgan fingerprint density at radius 1 is 1.11 bits per heavy atom. The number of nitrogens with one attached hydrogen (secondary N) is 1. The lowest BCUT2D eigenvalue weighted by atomic mass is 10.0.